The third-order valence-electron chi connectivity index (χ3n) is 3.13. The molecule has 0 atom stereocenters. The van der Waals surface area contributed by atoms with Crippen LogP contribution in [0.2, 0.25) is 0 Å². The second kappa shape index (κ2) is 6.94. The van der Waals surface area contributed by atoms with Crippen LogP contribution < -0.4 is 16.6 Å². The predicted octanol–water partition coefficient (Wildman–Crippen LogP) is 2.86. The number of nitrogens with one attached hydrogen (secondary N) is 2. The van der Waals surface area contributed by atoms with E-state index in [0.717, 1.165) is 5.69 Å². The van der Waals surface area contributed by atoms with Gasteiger partial charge in [-0.15, -0.1) is 0 Å². The lowest BCUT2D eigenvalue weighted by atomic mass is 9.96. The number of hydrogen-bond donors (Lipinski definition) is 3. The van der Waals surface area contributed by atoms with Gasteiger partial charge in [0.2, 0.25) is 5.96 Å². The van der Waals surface area contributed by atoms with Gasteiger partial charge in [-0.3, -0.25) is 5.43 Å². The second-order valence-electron chi connectivity index (χ2n) is 4.55. The zero-order chi connectivity index (χ0) is 12.8. The molecule has 0 radical (unpaired) electrons. The summed E-state index contributed by atoms with van der Waals surface area (Å²) in [6.07, 6.45) is 6.21. The van der Waals surface area contributed by atoms with E-state index in [9.17, 15) is 0 Å². The third kappa shape index (κ3) is 4.13. The van der Waals surface area contributed by atoms with Crippen LogP contribution in [0.15, 0.2) is 29.3 Å². The number of guanidine groups is 1. The van der Waals surface area contributed by atoms with Crippen LogP contribution in [-0.2, 0) is 0 Å². The first-order chi connectivity index (χ1) is 8.78. The molecule has 0 saturated heterocycles. The Bertz CT molecular complexity index is 396. The molecule has 0 aliphatic heterocycles. The highest BCUT2D eigenvalue weighted by atomic mass is 127. The highest BCUT2D eigenvalue weighted by molar-refractivity contribution is 14.1. The lowest BCUT2D eigenvalue weighted by molar-refractivity contribution is 0.442. The fraction of sp³-hybridized carbons (Fsp3) is 0.462. The minimum Gasteiger partial charge on any atom is -0.325 e. The fourth-order valence-corrected chi connectivity index (χ4v) is 2.53. The first kappa shape index (κ1) is 13.6. The van der Waals surface area contributed by atoms with E-state index in [1.165, 1.54) is 35.7 Å². The van der Waals surface area contributed by atoms with Gasteiger partial charge in [0.1, 0.15) is 0 Å². The molecular formula is C13H19IN4. The van der Waals surface area contributed by atoms with Crippen molar-refractivity contribution in [2.24, 2.45) is 10.8 Å². The molecule has 98 valence electrons. The van der Waals surface area contributed by atoms with E-state index < -0.39 is 0 Å². The van der Waals surface area contributed by atoms with E-state index in [-0.39, 0.29) is 0 Å². The quantitative estimate of drug-likeness (QED) is 0.251. The van der Waals surface area contributed by atoms with Gasteiger partial charge in [0.25, 0.3) is 0 Å². The Hall–Kier alpha value is -0.820. The van der Waals surface area contributed by atoms with Crippen molar-refractivity contribution in [3.63, 3.8) is 0 Å². The highest BCUT2D eigenvalue weighted by Crippen LogP contribution is 2.20. The SMILES string of the molecule is NNC(=NC1CCCCC1)Nc1ccc(I)cc1. The Kier molecular flexibility index (Phi) is 5.25. The first-order valence-corrected chi connectivity index (χ1v) is 7.43. The average molecular weight is 358 g/mol. The minimum atomic E-state index is 0.404. The number of nitrogens with zero attached hydrogens (tertiary/aromatic N) is 1. The fourth-order valence-electron chi connectivity index (χ4n) is 2.17. The number of nitrogens with two attached hydrogens (primary N) is 1. The molecule has 0 amide bonds. The smallest absolute Gasteiger partial charge is 0.210 e. The number of hydrazine groups is 1. The zero-order valence-electron chi connectivity index (χ0n) is 10.3. The Labute approximate surface area is 122 Å². The summed E-state index contributed by atoms with van der Waals surface area (Å²) < 4.78 is 1.21. The molecule has 4 N–H and O–H groups in total. The number of aliphatic imine (C=N–C) groups is 1. The van der Waals surface area contributed by atoms with Crippen molar-refractivity contribution in [3.05, 3.63) is 27.8 Å². The third-order valence-corrected chi connectivity index (χ3v) is 3.85. The van der Waals surface area contributed by atoms with Crippen LogP contribution in [0.5, 0.6) is 0 Å². The van der Waals surface area contributed by atoms with Gasteiger partial charge in [0, 0.05) is 9.26 Å². The summed E-state index contributed by atoms with van der Waals surface area (Å²) >= 11 is 2.29. The maximum absolute atomic E-state index is 5.52. The zero-order valence-corrected chi connectivity index (χ0v) is 12.5. The summed E-state index contributed by atoms with van der Waals surface area (Å²) in [6, 6.07) is 8.56. The molecule has 0 unspecified atom stereocenters. The highest BCUT2D eigenvalue weighted by Gasteiger charge is 2.12. The van der Waals surface area contributed by atoms with Gasteiger partial charge < -0.3 is 5.32 Å². The van der Waals surface area contributed by atoms with Crippen LogP contribution in [0.3, 0.4) is 0 Å². The van der Waals surface area contributed by atoms with Gasteiger partial charge >= 0.3 is 0 Å². The van der Waals surface area contributed by atoms with E-state index in [1.807, 2.05) is 12.1 Å². The number of benzene rings is 1. The van der Waals surface area contributed by atoms with Crippen molar-refractivity contribution in [1.29, 1.82) is 0 Å². The van der Waals surface area contributed by atoms with Crippen molar-refractivity contribution < 1.29 is 0 Å². The van der Waals surface area contributed by atoms with Crippen molar-refractivity contribution in [1.82, 2.24) is 5.43 Å². The van der Waals surface area contributed by atoms with Gasteiger partial charge in [0.05, 0.1) is 6.04 Å². The minimum absolute atomic E-state index is 0.404. The molecule has 0 bridgehead atoms. The molecule has 18 heavy (non-hydrogen) atoms. The van der Waals surface area contributed by atoms with Crippen LogP contribution in [0.1, 0.15) is 32.1 Å². The van der Waals surface area contributed by atoms with E-state index in [4.69, 9.17) is 5.84 Å². The topological polar surface area (TPSA) is 62.4 Å². The summed E-state index contributed by atoms with van der Waals surface area (Å²) in [7, 11) is 0. The van der Waals surface area contributed by atoms with Gasteiger partial charge in [-0.25, -0.2) is 10.8 Å². The average Bonchev–Trinajstić information content (AvgIpc) is 2.41. The van der Waals surface area contributed by atoms with Crippen molar-refractivity contribution in [2.75, 3.05) is 5.32 Å². The largest absolute Gasteiger partial charge is 0.325 e. The van der Waals surface area contributed by atoms with Crippen LogP contribution in [0.4, 0.5) is 5.69 Å². The molecule has 1 aliphatic carbocycles. The molecule has 1 aromatic carbocycles. The van der Waals surface area contributed by atoms with Crippen LogP contribution in [0, 0.1) is 3.57 Å². The molecule has 1 fully saturated rings. The number of hydrogen-bond acceptors (Lipinski definition) is 2. The second-order valence-corrected chi connectivity index (χ2v) is 5.79. The maximum Gasteiger partial charge on any atom is 0.210 e. The molecule has 0 spiro atoms. The molecular weight excluding hydrogens is 339 g/mol. The molecule has 1 saturated carbocycles. The van der Waals surface area contributed by atoms with E-state index in [1.54, 1.807) is 0 Å². The Morgan fingerprint density at radius 2 is 1.83 bits per heavy atom. The van der Waals surface area contributed by atoms with Gasteiger partial charge in [-0.05, 0) is 59.7 Å². The number of rotatable bonds is 2. The number of halogens is 1. The maximum atomic E-state index is 5.52. The van der Waals surface area contributed by atoms with Gasteiger partial charge in [-0.1, -0.05) is 19.3 Å². The predicted molar refractivity (Wildman–Crippen MR) is 84.4 cm³/mol. The lowest BCUT2D eigenvalue weighted by Crippen LogP contribution is -2.37. The van der Waals surface area contributed by atoms with E-state index >= 15 is 0 Å². The summed E-state index contributed by atoms with van der Waals surface area (Å²) in [4.78, 5) is 4.64. The molecule has 2 rings (SSSR count). The standard InChI is InChI=1S/C13H19IN4/c14-10-6-8-12(9-7-10)17-13(18-15)16-11-4-2-1-3-5-11/h6-9,11H,1-5,15H2,(H2,16,17,18). The number of anilines is 1. The van der Waals surface area contributed by atoms with Crippen molar-refractivity contribution in [2.45, 2.75) is 38.1 Å². The first-order valence-electron chi connectivity index (χ1n) is 6.35. The van der Waals surface area contributed by atoms with Crippen LogP contribution in [-0.4, -0.2) is 12.0 Å². The van der Waals surface area contributed by atoms with E-state index in [0.29, 0.717) is 12.0 Å². The summed E-state index contributed by atoms with van der Waals surface area (Å²) in [5.74, 6) is 6.18. The van der Waals surface area contributed by atoms with Crippen molar-refractivity contribution in [3.8, 4) is 0 Å². The Morgan fingerprint density at radius 1 is 1.17 bits per heavy atom. The monoisotopic (exact) mass is 358 g/mol. The molecule has 0 aromatic heterocycles. The lowest BCUT2D eigenvalue weighted by Gasteiger charge is -2.19. The molecule has 0 heterocycles. The molecule has 1 aliphatic rings. The Balaban J connectivity index is 1.99. The van der Waals surface area contributed by atoms with Gasteiger partial charge in [-0.2, -0.15) is 0 Å². The molecule has 4 nitrogen and oxygen atoms in total. The molecule has 1 aromatic rings. The van der Waals surface area contributed by atoms with Gasteiger partial charge in [0.15, 0.2) is 0 Å². The molecule has 5 heteroatoms. The van der Waals surface area contributed by atoms with Crippen LogP contribution >= 0.6 is 22.6 Å². The van der Waals surface area contributed by atoms with Crippen molar-refractivity contribution >= 4 is 34.2 Å². The normalized spacial score (nSPS) is 17.6. The van der Waals surface area contributed by atoms with Crippen LogP contribution in [0.25, 0.3) is 0 Å². The summed E-state index contributed by atoms with van der Waals surface area (Å²) in [5, 5.41) is 3.21. The Morgan fingerprint density at radius 3 is 2.44 bits per heavy atom. The summed E-state index contributed by atoms with van der Waals surface area (Å²) in [5.41, 5.74) is 3.65. The van der Waals surface area contributed by atoms with E-state index in [2.05, 4.69) is 50.5 Å². The summed E-state index contributed by atoms with van der Waals surface area (Å²) in [6.45, 7) is 0.